The summed E-state index contributed by atoms with van der Waals surface area (Å²) in [4.78, 5) is 11.3. The molecule has 1 aliphatic heterocycles. The van der Waals surface area contributed by atoms with Crippen LogP contribution in [0.3, 0.4) is 0 Å². The molecule has 0 aromatic heterocycles. The lowest BCUT2D eigenvalue weighted by atomic mass is 10.0. The SMILES string of the molecule is CCC(C)NC(=O)COC1(C)CNC1. The molecule has 1 heterocycles. The van der Waals surface area contributed by atoms with Crippen LogP contribution in [0, 0.1) is 0 Å². The van der Waals surface area contributed by atoms with Crippen LogP contribution in [0.2, 0.25) is 0 Å². The minimum Gasteiger partial charge on any atom is -0.363 e. The summed E-state index contributed by atoms with van der Waals surface area (Å²) in [5.41, 5.74) is -0.132. The molecule has 82 valence electrons. The van der Waals surface area contributed by atoms with Crippen LogP contribution in [0.25, 0.3) is 0 Å². The monoisotopic (exact) mass is 200 g/mol. The Kier molecular flexibility index (Phi) is 3.89. The normalized spacial score (nSPS) is 21.1. The summed E-state index contributed by atoms with van der Waals surface area (Å²) in [6.45, 7) is 7.89. The van der Waals surface area contributed by atoms with Gasteiger partial charge in [0.1, 0.15) is 6.61 Å². The fourth-order valence-corrected chi connectivity index (χ4v) is 1.24. The first-order valence-corrected chi connectivity index (χ1v) is 5.20. The van der Waals surface area contributed by atoms with Crippen molar-refractivity contribution in [2.24, 2.45) is 0 Å². The van der Waals surface area contributed by atoms with E-state index in [9.17, 15) is 4.79 Å². The van der Waals surface area contributed by atoms with Crippen LogP contribution in [0.5, 0.6) is 0 Å². The van der Waals surface area contributed by atoms with E-state index in [1.165, 1.54) is 0 Å². The van der Waals surface area contributed by atoms with E-state index >= 15 is 0 Å². The Hall–Kier alpha value is -0.610. The fraction of sp³-hybridized carbons (Fsp3) is 0.900. The highest BCUT2D eigenvalue weighted by Crippen LogP contribution is 2.14. The van der Waals surface area contributed by atoms with Crippen molar-refractivity contribution in [2.45, 2.75) is 38.8 Å². The van der Waals surface area contributed by atoms with Crippen molar-refractivity contribution in [1.82, 2.24) is 10.6 Å². The summed E-state index contributed by atoms with van der Waals surface area (Å²) in [7, 11) is 0. The van der Waals surface area contributed by atoms with Gasteiger partial charge in [0.2, 0.25) is 5.91 Å². The molecule has 2 N–H and O–H groups in total. The molecule has 0 aliphatic carbocycles. The quantitative estimate of drug-likeness (QED) is 0.670. The van der Waals surface area contributed by atoms with E-state index in [0.717, 1.165) is 19.5 Å². The highest BCUT2D eigenvalue weighted by atomic mass is 16.5. The number of hydrogen-bond acceptors (Lipinski definition) is 3. The summed E-state index contributed by atoms with van der Waals surface area (Å²) >= 11 is 0. The lowest BCUT2D eigenvalue weighted by molar-refractivity contribution is -0.136. The summed E-state index contributed by atoms with van der Waals surface area (Å²) in [5, 5.41) is 5.99. The van der Waals surface area contributed by atoms with Gasteiger partial charge in [0.15, 0.2) is 0 Å². The van der Waals surface area contributed by atoms with Gasteiger partial charge >= 0.3 is 0 Å². The van der Waals surface area contributed by atoms with E-state index in [-0.39, 0.29) is 24.2 Å². The van der Waals surface area contributed by atoms with Crippen LogP contribution in [-0.4, -0.2) is 37.2 Å². The Bertz CT molecular complexity index is 202. The van der Waals surface area contributed by atoms with Crippen molar-refractivity contribution in [3.8, 4) is 0 Å². The number of carbonyl (C=O) groups excluding carboxylic acids is 1. The van der Waals surface area contributed by atoms with Crippen molar-refractivity contribution >= 4 is 5.91 Å². The summed E-state index contributed by atoms with van der Waals surface area (Å²) < 4.78 is 5.50. The first-order chi connectivity index (χ1) is 6.56. The third-order valence-electron chi connectivity index (χ3n) is 2.57. The average molecular weight is 200 g/mol. The molecule has 1 saturated heterocycles. The Labute approximate surface area is 85.4 Å². The summed E-state index contributed by atoms with van der Waals surface area (Å²) in [6, 6.07) is 0.235. The standard InChI is InChI=1S/C10H20N2O2/c1-4-8(2)12-9(13)5-14-10(3)6-11-7-10/h8,11H,4-7H2,1-3H3,(H,12,13). The van der Waals surface area contributed by atoms with Gasteiger partial charge in [-0.3, -0.25) is 4.79 Å². The molecule has 0 aromatic rings. The van der Waals surface area contributed by atoms with E-state index in [2.05, 4.69) is 10.6 Å². The zero-order chi connectivity index (χ0) is 10.6. The maximum absolute atomic E-state index is 11.3. The first-order valence-electron chi connectivity index (χ1n) is 5.20. The number of ether oxygens (including phenoxy) is 1. The Morgan fingerprint density at radius 2 is 2.29 bits per heavy atom. The lowest BCUT2D eigenvalue weighted by Crippen LogP contribution is -2.59. The average Bonchev–Trinajstić information content (AvgIpc) is 2.11. The molecule has 0 bridgehead atoms. The molecule has 4 nitrogen and oxygen atoms in total. The Morgan fingerprint density at radius 3 is 2.71 bits per heavy atom. The van der Waals surface area contributed by atoms with E-state index in [1.807, 2.05) is 20.8 Å². The van der Waals surface area contributed by atoms with Crippen LogP contribution in [-0.2, 0) is 9.53 Å². The molecule has 1 amide bonds. The maximum Gasteiger partial charge on any atom is 0.246 e. The van der Waals surface area contributed by atoms with Gasteiger partial charge in [-0.25, -0.2) is 0 Å². The minimum atomic E-state index is -0.132. The van der Waals surface area contributed by atoms with Crippen molar-refractivity contribution in [2.75, 3.05) is 19.7 Å². The summed E-state index contributed by atoms with van der Waals surface area (Å²) in [5.74, 6) is -0.0209. The second kappa shape index (κ2) is 4.75. The number of carbonyl (C=O) groups is 1. The van der Waals surface area contributed by atoms with Crippen molar-refractivity contribution in [1.29, 1.82) is 0 Å². The zero-order valence-electron chi connectivity index (χ0n) is 9.22. The third kappa shape index (κ3) is 3.27. The van der Waals surface area contributed by atoms with Crippen LogP contribution < -0.4 is 10.6 Å². The fourth-order valence-electron chi connectivity index (χ4n) is 1.24. The van der Waals surface area contributed by atoms with E-state index in [4.69, 9.17) is 4.74 Å². The van der Waals surface area contributed by atoms with Gasteiger partial charge in [0, 0.05) is 19.1 Å². The van der Waals surface area contributed by atoms with Crippen molar-refractivity contribution < 1.29 is 9.53 Å². The zero-order valence-corrected chi connectivity index (χ0v) is 9.22. The molecule has 1 fully saturated rings. The van der Waals surface area contributed by atoms with E-state index in [1.54, 1.807) is 0 Å². The predicted molar refractivity (Wildman–Crippen MR) is 55.1 cm³/mol. The van der Waals surface area contributed by atoms with Gasteiger partial charge < -0.3 is 15.4 Å². The topological polar surface area (TPSA) is 50.4 Å². The second-order valence-electron chi connectivity index (χ2n) is 4.22. The van der Waals surface area contributed by atoms with Gasteiger partial charge in [-0.1, -0.05) is 6.92 Å². The molecule has 0 aromatic carbocycles. The van der Waals surface area contributed by atoms with Gasteiger partial charge in [0.25, 0.3) is 0 Å². The van der Waals surface area contributed by atoms with E-state index in [0.29, 0.717) is 0 Å². The molecule has 14 heavy (non-hydrogen) atoms. The Balaban J connectivity index is 2.14. The number of rotatable bonds is 5. The number of amides is 1. The largest absolute Gasteiger partial charge is 0.363 e. The number of nitrogens with one attached hydrogen (secondary N) is 2. The molecule has 0 saturated carbocycles. The third-order valence-corrected chi connectivity index (χ3v) is 2.57. The molecule has 1 unspecified atom stereocenters. The van der Waals surface area contributed by atoms with Crippen LogP contribution in [0.1, 0.15) is 27.2 Å². The van der Waals surface area contributed by atoms with Gasteiger partial charge in [0.05, 0.1) is 5.60 Å². The smallest absolute Gasteiger partial charge is 0.246 e. The predicted octanol–water partition coefficient (Wildman–Crippen LogP) is 0.280. The van der Waals surface area contributed by atoms with Crippen molar-refractivity contribution in [3.63, 3.8) is 0 Å². The highest BCUT2D eigenvalue weighted by Gasteiger charge is 2.32. The second-order valence-corrected chi connectivity index (χ2v) is 4.22. The molecule has 1 atom stereocenters. The van der Waals surface area contributed by atoms with Crippen LogP contribution >= 0.6 is 0 Å². The molecule has 1 aliphatic rings. The lowest BCUT2D eigenvalue weighted by Gasteiger charge is -2.38. The molecule has 4 heteroatoms. The maximum atomic E-state index is 11.3. The van der Waals surface area contributed by atoms with Gasteiger partial charge in [-0.2, -0.15) is 0 Å². The van der Waals surface area contributed by atoms with Crippen LogP contribution in [0.15, 0.2) is 0 Å². The highest BCUT2D eigenvalue weighted by molar-refractivity contribution is 5.77. The minimum absolute atomic E-state index is 0.0209. The molecule has 1 rings (SSSR count). The molecular formula is C10H20N2O2. The molecule has 0 spiro atoms. The van der Waals surface area contributed by atoms with Crippen LogP contribution in [0.4, 0.5) is 0 Å². The van der Waals surface area contributed by atoms with Gasteiger partial charge in [-0.15, -0.1) is 0 Å². The first kappa shape index (κ1) is 11.5. The number of hydrogen-bond donors (Lipinski definition) is 2. The van der Waals surface area contributed by atoms with E-state index < -0.39 is 0 Å². The van der Waals surface area contributed by atoms with Gasteiger partial charge in [-0.05, 0) is 20.3 Å². The molecular weight excluding hydrogens is 180 g/mol. The Morgan fingerprint density at radius 1 is 1.64 bits per heavy atom. The molecule has 0 radical (unpaired) electrons. The summed E-state index contributed by atoms with van der Waals surface area (Å²) in [6.07, 6.45) is 0.949. The van der Waals surface area contributed by atoms with Crippen molar-refractivity contribution in [3.05, 3.63) is 0 Å².